The van der Waals surface area contributed by atoms with Crippen LogP contribution in [-0.2, 0) is 0 Å². The van der Waals surface area contributed by atoms with Gasteiger partial charge in [-0.2, -0.15) is 0 Å². The SMILES string of the molecule is C=CC1CC(C)C=CC1C. The van der Waals surface area contributed by atoms with Gasteiger partial charge in [0.25, 0.3) is 0 Å². The van der Waals surface area contributed by atoms with Crippen LogP contribution in [0.15, 0.2) is 24.8 Å². The molecule has 0 N–H and O–H groups in total. The third-order valence-electron chi connectivity index (χ3n) is 2.37. The zero-order chi connectivity index (χ0) is 7.56. The summed E-state index contributed by atoms with van der Waals surface area (Å²) in [6.45, 7) is 8.36. The van der Waals surface area contributed by atoms with Crippen LogP contribution in [-0.4, -0.2) is 0 Å². The average molecular weight is 136 g/mol. The minimum atomic E-state index is 0.702. The third-order valence-corrected chi connectivity index (χ3v) is 2.37. The van der Waals surface area contributed by atoms with Crippen molar-refractivity contribution in [1.29, 1.82) is 0 Å². The van der Waals surface area contributed by atoms with Gasteiger partial charge in [0.2, 0.25) is 0 Å². The smallest absolute Gasteiger partial charge is 0.0170 e. The van der Waals surface area contributed by atoms with Gasteiger partial charge in [0, 0.05) is 0 Å². The first-order valence-corrected chi connectivity index (χ1v) is 4.05. The summed E-state index contributed by atoms with van der Waals surface area (Å²) in [7, 11) is 0. The Morgan fingerprint density at radius 2 is 2.10 bits per heavy atom. The van der Waals surface area contributed by atoms with Crippen LogP contribution in [0.2, 0.25) is 0 Å². The van der Waals surface area contributed by atoms with E-state index < -0.39 is 0 Å². The molecule has 0 aromatic carbocycles. The fraction of sp³-hybridized carbons (Fsp3) is 0.600. The first kappa shape index (κ1) is 7.59. The summed E-state index contributed by atoms with van der Waals surface area (Å²) in [4.78, 5) is 0. The van der Waals surface area contributed by atoms with Crippen LogP contribution in [0.1, 0.15) is 20.3 Å². The molecule has 0 fully saturated rings. The molecule has 3 atom stereocenters. The van der Waals surface area contributed by atoms with Gasteiger partial charge in [-0.15, -0.1) is 6.58 Å². The fourth-order valence-corrected chi connectivity index (χ4v) is 1.54. The molecule has 0 amide bonds. The van der Waals surface area contributed by atoms with Crippen molar-refractivity contribution in [3.63, 3.8) is 0 Å². The van der Waals surface area contributed by atoms with Gasteiger partial charge < -0.3 is 0 Å². The van der Waals surface area contributed by atoms with E-state index >= 15 is 0 Å². The topological polar surface area (TPSA) is 0 Å². The van der Waals surface area contributed by atoms with Crippen molar-refractivity contribution in [3.05, 3.63) is 24.8 Å². The molecular formula is C10H16. The van der Waals surface area contributed by atoms with Crippen LogP contribution in [0.3, 0.4) is 0 Å². The zero-order valence-electron chi connectivity index (χ0n) is 6.88. The molecule has 3 unspecified atom stereocenters. The molecule has 0 saturated heterocycles. The second-order valence-electron chi connectivity index (χ2n) is 3.36. The highest BCUT2D eigenvalue weighted by molar-refractivity contribution is 5.03. The Bertz CT molecular complexity index is 144. The van der Waals surface area contributed by atoms with Crippen molar-refractivity contribution in [1.82, 2.24) is 0 Å². The predicted octanol–water partition coefficient (Wildman–Crippen LogP) is 3.02. The second-order valence-corrected chi connectivity index (χ2v) is 3.36. The van der Waals surface area contributed by atoms with E-state index in [9.17, 15) is 0 Å². The molecule has 0 bridgehead atoms. The van der Waals surface area contributed by atoms with E-state index in [1.807, 2.05) is 0 Å². The van der Waals surface area contributed by atoms with Crippen LogP contribution in [0, 0.1) is 17.8 Å². The molecule has 0 radical (unpaired) electrons. The summed E-state index contributed by atoms with van der Waals surface area (Å²) in [5, 5.41) is 0. The van der Waals surface area contributed by atoms with E-state index in [1.165, 1.54) is 6.42 Å². The Balaban J connectivity index is 2.61. The highest BCUT2D eigenvalue weighted by atomic mass is 14.2. The van der Waals surface area contributed by atoms with Gasteiger partial charge in [-0.05, 0) is 24.2 Å². The van der Waals surface area contributed by atoms with Gasteiger partial charge in [-0.25, -0.2) is 0 Å². The van der Waals surface area contributed by atoms with E-state index in [4.69, 9.17) is 0 Å². The van der Waals surface area contributed by atoms with Crippen molar-refractivity contribution in [2.75, 3.05) is 0 Å². The van der Waals surface area contributed by atoms with Gasteiger partial charge in [0.05, 0.1) is 0 Å². The first-order chi connectivity index (χ1) is 4.74. The fourth-order valence-electron chi connectivity index (χ4n) is 1.54. The van der Waals surface area contributed by atoms with Crippen molar-refractivity contribution in [2.24, 2.45) is 17.8 Å². The molecule has 0 aliphatic heterocycles. The summed E-state index contributed by atoms with van der Waals surface area (Å²) in [6, 6.07) is 0. The minimum absolute atomic E-state index is 0.702. The lowest BCUT2D eigenvalue weighted by Crippen LogP contribution is -2.14. The van der Waals surface area contributed by atoms with Crippen LogP contribution >= 0.6 is 0 Å². The van der Waals surface area contributed by atoms with Gasteiger partial charge in [0.1, 0.15) is 0 Å². The molecule has 0 aromatic rings. The lowest BCUT2D eigenvalue weighted by molar-refractivity contribution is 0.403. The molecule has 0 saturated carbocycles. The molecule has 0 heteroatoms. The molecule has 0 nitrogen and oxygen atoms in total. The van der Waals surface area contributed by atoms with Crippen molar-refractivity contribution in [3.8, 4) is 0 Å². The van der Waals surface area contributed by atoms with Crippen LogP contribution in [0.5, 0.6) is 0 Å². The Kier molecular flexibility index (Phi) is 2.31. The normalized spacial score (nSPS) is 39.6. The molecule has 10 heavy (non-hydrogen) atoms. The second kappa shape index (κ2) is 3.05. The van der Waals surface area contributed by atoms with E-state index in [2.05, 4.69) is 38.7 Å². The Hall–Kier alpha value is -0.520. The van der Waals surface area contributed by atoms with Gasteiger partial charge in [-0.3, -0.25) is 0 Å². The quantitative estimate of drug-likeness (QED) is 0.486. The monoisotopic (exact) mass is 136 g/mol. The predicted molar refractivity (Wildman–Crippen MR) is 45.8 cm³/mol. The van der Waals surface area contributed by atoms with Crippen molar-refractivity contribution in [2.45, 2.75) is 20.3 Å². The number of hydrogen-bond donors (Lipinski definition) is 0. The number of hydrogen-bond acceptors (Lipinski definition) is 0. The highest BCUT2D eigenvalue weighted by Crippen LogP contribution is 2.28. The van der Waals surface area contributed by atoms with Crippen LogP contribution in [0.4, 0.5) is 0 Å². The average Bonchev–Trinajstić information content (AvgIpc) is 1.94. The zero-order valence-corrected chi connectivity index (χ0v) is 6.88. The summed E-state index contributed by atoms with van der Waals surface area (Å²) in [6.07, 6.45) is 7.98. The summed E-state index contributed by atoms with van der Waals surface area (Å²) < 4.78 is 0. The molecule has 1 aliphatic rings. The largest absolute Gasteiger partial charge is 0.103 e. The maximum Gasteiger partial charge on any atom is -0.0170 e. The van der Waals surface area contributed by atoms with Gasteiger partial charge in [-0.1, -0.05) is 32.1 Å². The Labute approximate surface area is 63.6 Å². The maximum absolute atomic E-state index is 3.84. The molecular weight excluding hydrogens is 120 g/mol. The van der Waals surface area contributed by atoms with Gasteiger partial charge in [0.15, 0.2) is 0 Å². The summed E-state index contributed by atoms with van der Waals surface area (Å²) in [5.41, 5.74) is 0. The lowest BCUT2D eigenvalue weighted by Gasteiger charge is -2.24. The highest BCUT2D eigenvalue weighted by Gasteiger charge is 2.17. The third kappa shape index (κ3) is 1.50. The molecule has 56 valence electrons. The van der Waals surface area contributed by atoms with Crippen LogP contribution in [0.25, 0.3) is 0 Å². The number of rotatable bonds is 1. The number of allylic oxidation sites excluding steroid dienone is 3. The lowest BCUT2D eigenvalue weighted by atomic mass is 9.81. The van der Waals surface area contributed by atoms with Crippen molar-refractivity contribution >= 4 is 0 Å². The van der Waals surface area contributed by atoms with Crippen molar-refractivity contribution < 1.29 is 0 Å². The van der Waals surface area contributed by atoms with E-state index in [-0.39, 0.29) is 0 Å². The van der Waals surface area contributed by atoms with E-state index in [1.54, 1.807) is 0 Å². The summed E-state index contributed by atoms with van der Waals surface area (Å²) >= 11 is 0. The maximum atomic E-state index is 3.84. The minimum Gasteiger partial charge on any atom is -0.103 e. The molecule has 1 rings (SSSR count). The standard InChI is InChI=1S/C10H16/c1-4-10-7-8(2)5-6-9(10)3/h4-6,8-10H,1,7H2,2-3H3. The first-order valence-electron chi connectivity index (χ1n) is 4.05. The molecule has 0 heterocycles. The van der Waals surface area contributed by atoms with Crippen LogP contribution < -0.4 is 0 Å². The Morgan fingerprint density at radius 3 is 2.60 bits per heavy atom. The van der Waals surface area contributed by atoms with Gasteiger partial charge >= 0.3 is 0 Å². The molecule has 0 spiro atoms. The molecule has 0 aromatic heterocycles. The molecule has 1 aliphatic carbocycles. The van der Waals surface area contributed by atoms with E-state index in [0.29, 0.717) is 11.8 Å². The Morgan fingerprint density at radius 1 is 1.40 bits per heavy atom. The summed E-state index contributed by atoms with van der Waals surface area (Å²) in [5.74, 6) is 2.16. The van der Waals surface area contributed by atoms with E-state index in [0.717, 1.165) is 5.92 Å².